The summed E-state index contributed by atoms with van der Waals surface area (Å²) in [5, 5.41) is 13.1. The number of hydrogen-bond acceptors (Lipinski definition) is 5. The second kappa shape index (κ2) is 4.66. The Morgan fingerprint density at radius 3 is 2.78 bits per heavy atom. The van der Waals surface area contributed by atoms with Gasteiger partial charge in [-0.15, -0.1) is 0 Å². The molecule has 0 radical (unpaired) electrons. The van der Waals surface area contributed by atoms with Crippen molar-refractivity contribution in [2.24, 2.45) is 0 Å². The summed E-state index contributed by atoms with van der Waals surface area (Å²) in [5.74, 6) is -0.1000. The van der Waals surface area contributed by atoms with Gasteiger partial charge in [0, 0.05) is 6.07 Å². The molecule has 7 heteroatoms. The predicted molar refractivity (Wildman–Crippen MR) is 62.3 cm³/mol. The average molecular weight is 247 g/mol. The van der Waals surface area contributed by atoms with Gasteiger partial charge in [-0.2, -0.15) is 0 Å². The van der Waals surface area contributed by atoms with Crippen LogP contribution in [0.4, 0.5) is 11.7 Å². The number of nitro groups is 1. The third-order valence-corrected chi connectivity index (χ3v) is 2.19. The number of oxazole rings is 1. The van der Waals surface area contributed by atoms with Gasteiger partial charge in [-0.3, -0.25) is 20.2 Å². The van der Waals surface area contributed by atoms with Crippen molar-refractivity contribution in [3.05, 3.63) is 51.9 Å². The molecule has 1 aromatic carbocycles. The minimum absolute atomic E-state index is 0.00986. The molecule has 2 rings (SSSR count). The van der Waals surface area contributed by atoms with Gasteiger partial charge in [0.25, 0.3) is 11.6 Å². The molecule has 1 N–H and O–H groups in total. The number of carbonyl (C=O) groups excluding carboxylic acids is 1. The lowest BCUT2D eigenvalue weighted by molar-refractivity contribution is -0.385. The number of carbonyl (C=O) groups is 1. The second-order valence-electron chi connectivity index (χ2n) is 3.50. The largest absolute Gasteiger partial charge is 0.429 e. The van der Waals surface area contributed by atoms with Crippen molar-refractivity contribution in [3.8, 4) is 0 Å². The molecule has 1 heterocycles. The number of benzene rings is 1. The van der Waals surface area contributed by atoms with Crippen molar-refractivity contribution in [1.29, 1.82) is 0 Å². The van der Waals surface area contributed by atoms with Crippen LogP contribution in [0.2, 0.25) is 0 Å². The van der Waals surface area contributed by atoms with Crippen molar-refractivity contribution >= 4 is 17.6 Å². The summed E-state index contributed by atoms with van der Waals surface area (Å²) >= 11 is 0. The average Bonchev–Trinajstić information content (AvgIpc) is 2.74. The summed E-state index contributed by atoms with van der Waals surface area (Å²) in [6, 6.07) is 5.67. The molecule has 0 fully saturated rings. The topological polar surface area (TPSA) is 98.3 Å². The first-order valence-electron chi connectivity index (χ1n) is 5.05. The molecule has 0 saturated heterocycles. The first kappa shape index (κ1) is 11.8. The molecule has 0 aliphatic rings. The van der Waals surface area contributed by atoms with E-state index in [-0.39, 0.29) is 17.3 Å². The quantitative estimate of drug-likeness (QED) is 0.661. The third-order valence-electron chi connectivity index (χ3n) is 2.19. The van der Waals surface area contributed by atoms with E-state index in [1.165, 1.54) is 24.4 Å². The van der Waals surface area contributed by atoms with E-state index in [4.69, 9.17) is 4.42 Å². The van der Waals surface area contributed by atoms with Crippen LogP contribution in [-0.4, -0.2) is 15.8 Å². The maximum atomic E-state index is 11.8. The molecule has 0 atom stereocenters. The second-order valence-corrected chi connectivity index (χ2v) is 3.50. The number of para-hydroxylation sites is 1. The van der Waals surface area contributed by atoms with E-state index in [9.17, 15) is 14.9 Å². The predicted octanol–water partition coefficient (Wildman–Crippen LogP) is 2.14. The van der Waals surface area contributed by atoms with Crippen molar-refractivity contribution in [1.82, 2.24) is 4.98 Å². The lowest BCUT2D eigenvalue weighted by Gasteiger charge is -2.01. The first-order chi connectivity index (χ1) is 8.58. The van der Waals surface area contributed by atoms with Gasteiger partial charge in [-0.05, 0) is 13.0 Å². The van der Waals surface area contributed by atoms with Gasteiger partial charge in [0.2, 0.25) is 0 Å². The van der Waals surface area contributed by atoms with Crippen LogP contribution in [0.25, 0.3) is 0 Å². The molecule has 0 spiro atoms. The Labute approximate surface area is 102 Å². The minimum Gasteiger partial charge on any atom is -0.429 e. The molecular formula is C11H9N3O4. The lowest BCUT2D eigenvalue weighted by atomic mass is 10.1. The van der Waals surface area contributed by atoms with Crippen LogP contribution in [0.5, 0.6) is 0 Å². The van der Waals surface area contributed by atoms with Gasteiger partial charge in [0.1, 0.15) is 11.3 Å². The Bertz CT molecular complexity index is 606. The number of aromatic nitrogens is 1. The fraction of sp³-hybridized carbons (Fsp3) is 0.0909. The van der Waals surface area contributed by atoms with Gasteiger partial charge in [-0.25, -0.2) is 4.98 Å². The molecule has 0 bridgehead atoms. The van der Waals surface area contributed by atoms with Crippen molar-refractivity contribution in [3.63, 3.8) is 0 Å². The number of aryl methyl sites for hydroxylation is 1. The molecule has 0 unspecified atom stereocenters. The third kappa shape index (κ3) is 2.34. The normalized spacial score (nSPS) is 10.1. The van der Waals surface area contributed by atoms with Gasteiger partial charge in [-0.1, -0.05) is 12.1 Å². The Morgan fingerprint density at radius 2 is 2.17 bits per heavy atom. The Balaban J connectivity index is 2.26. The molecule has 1 aromatic heterocycles. The molecule has 18 heavy (non-hydrogen) atoms. The summed E-state index contributed by atoms with van der Waals surface area (Å²) in [6.45, 7) is 1.67. The summed E-state index contributed by atoms with van der Waals surface area (Å²) in [6.07, 6.45) is 1.44. The SMILES string of the molecule is Cc1cnc(NC(=O)c2ccccc2[N+](=O)[O-])o1. The molecular weight excluding hydrogens is 238 g/mol. The number of anilines is 1. The Morgan fingerprint density at radius 1 is 1.44 bits per heavy atom. The molecule has 2 aromatic rings. The van der Waals surface area contributed by atoms with Gasteiger partial charge >= 0.3 is 6.01 Å². The van der Waals surface area contributed by atoms with Crippen molar-refractivity contribution < 1.29 is 14.1 Å². The minimum atomic E-state index is -0.635. The van der Waals surface area contributed by atoms with Crippen LogP contribution in [-0.2, 0) is 0 Å². The highest BCUT2D eigenvalue weighted by Crippen LogP contribution is 2.19. The van der Waals surface area contributed by atoms with Crippen LogP contribution >= 0.6 is 0 Å². The van der Waals surface area contributed by atoms with E-state index in [1.54, 1.807) is 13.0 Å². The van der Waals surface area contributed by atoms with E-state index in [0.29, 0.717) is 5.76 Å². The molecule has 92 valence electrons. The van der Waals surface area contributed by atoms with Crippen LogP contribution in [0.15, 0.2) is 34.9 Å². The van der Waals surface area contributed by atoms with Crippen LogP contribution in [0, 0.1) is 17.0 Å². The lowest BCUT2D eigenvalue weighted by Crippen LogP contribution is -2.13. The number of nitrogens with one attached hydrogen (secondary N) is 1. The zero-order valence-corrected chi connectivity index (χ0v) is 9.41. The zero-order valence-electron chi connectivity index (χ0n) is 9.41. The summed E-state index contributed by atoms with van der Waals surface area (Å²) in [5.41, 5.74) is -0.309. The Hall–Kier alpha value is -2.70. The van der Waals surface area contributed by atoms with Crippen LogP contribution < -0.4 is 5.32 Å². The van der Waals surface area contributed by atoms with Crippen LogP contribution in [0.1, 0.15) is 16.1 Å². The maximum absolute atomic E-state index is 11.8. The van der Waals surface area contributed by atoms with E-state index in [0.717, 1.165) is 0 Å². The Kier molecular flexibility index (Phi) is 3.05. The van der Waals surface area contributed by atoms with Crippen molar-refractivity contribution in [2.75, 3.05) is 5.32 Å². The smallest absolute Gasteiger partial charge is 0.301 e. The van der Waals surface area contributed by atoms with Gasteiger partial charge < -0.3 is 4.42 Å². The highest BCUT2D eigenvalue weighted by atomic mass is 16.6. The number of nitro benzene ring substituents is 1. The molecule has 0 saturated carbocycles. The molecule has 7 nitrogen and oxygen atoms in total. The van der Waals surface area contributed by atoms with Crippen LogP contribution in [0.3, 0.4) is 0 Å². The standard InChI is InChI=1S/C11H9N3O4/c1-7-6-12-11(18-7)13-10(15)8-4-2-3-5-9(8)14(16)17/h2-6H,1H3,(H,12,13,15). The number of amides is 1. The summed E-state index contributed by atoms with van der Waals surface area (Å²) < 4.78 is 5.06. The van der Waals surface area contributed by atoms with Crippen molar-refractivity contribution in [2.45, 2.75) is 6.92 Å². The molecule has 0 aliphatic heterocycles. The maximum Gasteiger partial charge on any atom is 0.301 e. The highest BCUT2D eigenvalue weighted by Gasteiger charge is 2.20. The van der Waals surface area contributed by atoms with E-state index < -0.39 is 10.8 Å². The zero-order chi connectivity index (χ0) is 13.1. The molecule has 0 aliphatic carbocycles. The van der Waals surface area contributed by atoms with Gasteiger partial charge in [0.05, 0.1) is 11.1 Å². The summed E-state index contributed by atoms with van der Waals surface area (Å²) in [7, 11) is 0. The fourth-order valence-corrected chi connectivity index (χ4v) is 1.40. The number of nitrogens with zero attached hydrogens (tertiary/aromatic N) is 2. The monoisotopic (exact) mass is 247 g/mol. The number of rotatable bonds is 3. The van der Waals surface area contributed by atoms with Gasteiger partial charge in [0.15, 0.2) is 0 Å². The number of hydrogen-bond donors (Lipinski definition) is 1. The van der Waals surface area contributed by atoms with E-state index in [1.807, 2.05) is 0 Å². The first-order valence-corrected chi connectivity index (χ1v) is 5.05. The summed E-state index contributed by atoms with van der Waals surface area (Å²) in [4.78, 5) is 25.8. The van der Waals surface area contributed by atoms with E-state index in [2.05, 4.69) is 10.3 Å². The molecule has 1 amide bonds. The highest BCUT2D eigenvalue weighted by molar-refractivity contribution is 6.06. The fourth-order valence-electron chi connectivity index (χ4n) is 1.40. The van der Waals surface area contributed by atoms with E-state index >= 15 is 0 Å².